The van der Waals surface area contributed by atoms with E-state index in [1.807, 2.05) is 0 Å². The Hall–Kier alpha value is -2.85. The van der Waals surface area contributed by atoms with Gasteiger partial charge >= 0.3 is 6.18 Å². The molecule has 3 aromatic rings. The highest BCUT2D eigenvalue weighted by Crippen LogP contribution is 2.37. The lowest BCUT2D eigenvalue weighted by atomic mass is 10.2. The van der Waals surface area contributed by atoms with Crippen molar-refractivity contribution in [1.29, 1.82) is 0 Å². The van der Waals surface area contributed by atoms with E-state index in [1.165, 1.54) is 24.3 Å². The number of nitrogens with one attached hydrogen (secondary N) is 2. The maximum Gasteiger partial charge on any atom is 0.417 e. The third-order valence-corrected chi connectivity index (χ3v) is 5.91. The molecular formula is C20H14BrF3N2O3S. The van der Waals surface area contributed by atoms with E-state index in [-0.39, 0.29) is 15.8 Å². The summed E-state index contributed by atoms with van der Waals surface area (Å²) in [5.41, 5.74) is -0.948. The first-order chi connectivity index (χ1) is 14.1. The summed E-state index contributed by atoms with van der Waals surface area (Å²) in [5.74, 6) is -0.498. The minimum absolute atomic E-state index is 0.0715. The summed E-state index contributed by atoms with van der Waals surface area (Å²) in [6.07, 6.45) is -4.88. The zero-order chi connectivity index (χ0) is 21.9. The Morgan fingerprint density at radius 3 is 2.10 bits per heavy atom. The summed E-state index contributed by atoms with van der Waals surface area (Å²) in [4.78, 5) is 11.5. The van der Waals surface area contributed by atoms with Gasteiger partial charge in [0.15, 0.2) is 0 Å². The van der Waals surface area contributed by atoms with E-state index in [9.17, 15) is 26.4 Å². The average Bonchev–Trinajstić information content (AvgIpc) is 2.69. The molecule has 0 spiro atoms. The van der Waals surface area contributed by atoms with Crippen LogP contribution >= 0.6 is 15.9 Å². The zero-order valence-corrected chi connectivity index (χ0v) is 17.5. The van der Waals surface area contributed by atoms with Crippen LogP contribution in [-0.2, 0) is 16.2 Å². The first kappa shape index (κ1) is 21.8. The van der Waals surface area contributed by atoms with E-state index in [0.29, 0.717) is 11.6 Å². The van der Waals surface area contributed by atoms with Gasteiger partial charge < -0.3 is 5.32 Å². The molecule has 0 heterocycles. The molecule has 5 nitrogen and oxygen atoms in total. The fraction of sp³-hybridized carbons (Fsp3) is 0.0500. The molecule has 156 valence electrons. The molecule has 0 atom stereocenters. The second kappa shape index (κ2) is 8.49. The third-order valence-electron chi connectivity index (χ3n) is 3.99. The Bertz CT molecular complexity index is 1180. The number of sulfonamides is 1. The monoisotopic (exact) mass is 498 g/mol. The van der Waals surface area contributed by atoms with E-state index in [4.69, 9.17) is 0 Å². The molecule has 0 aliphatic rings. The van der Waals surface area contributed by atoms with Crippen molar-refractivity contribution in [2.75, 3.05) is 10.0 Å². The maximum absolute atomic E-state index is 13.4. The number of hydrogen-bond acceptors (Lipinski definition) is 3. The van der Waals surface area contributed by atoms with Crippen LogP contribution in [0.5, 0.6) is 0 Å². The standard InChI is InChI=1S/C20H14BrF3N2O3S/c21-14-10-11-18(15(12-14)20(22,23)24)30(28,29)26-17-9-5-4-8-16(17)25-19(27)13-6-2-1-3-7-13/h1-12,26H,(H,25,27). The van der Waals surface area contributed by atoms with Crippen molar-refractivity contribution in [1.82, 2.24) is 0 Å². The van der Waals surface area contributed by atoms with Gasteiger partial charge in [0.25, 0.3) is 15.9 Å². The van der Waals surface area contributed by atoms with Crippen LogP contribution in [0.4, 0.5) is 24.5 Å². The summed E-state index contributed by atoms with van der Waals surface area (Å²) in [5, 5.41) is 2.56. The van der Waals surface area contributed by atoms with Gasteiger partial charge in [-0.05, 0) is 42.5 Å². The molecule has 1 amide bonds. The lowest BCUT2D eigenvalue weighted by Gasteiger charge is -2.17. The molecule has 0 radical (unpaired) electrons. The third kappa shape index (κ3) is 5.00. The first-order valence-corrected chi connectivity index (χ1v) is 10.7. The normalized spacial score (nSPS) is 11.7. The second-order valence-corrected chi connectivity index (χ2v) is 8.68. The van der Waals surface area contributed by atoms with Crippen molar-refractivity contribution >= 4 is 43.2 Å². The van der Waals surface area contributed by atoms with Crippen LogP contribution in [0.3, 0.4) is 0 Å². The summed E-state index contributed by atoms with van der Waals surface area (Å²) in [6.45, 7) is 0. The van der Waals surface area contributed by atoms with Crippen LogP contribution in [0.1, 0.15) is 15.9 Å². The first-order valence-electron chi connectivity index (χ1n) is 8.43. The van der Waals surface area contributed by atoms with Crippen LogP contribution in [0.2, 0.25) is 0 Å². The van der Waals surface area contributed by atoms with Crippen molar-refractivity contribution in [3.8, 4) is 0 Å². The topological polar surface area (TPSA) is 75.3 Å². The van der Waals surface area contributed by atoms with Gasteiger partial charge in [-0.25, -0.2) is 8.42 Å². The van der Waals surface area contributed by atoms with Crippen LogP contribution in [-0.4, -0.2) is 14.3 Å². The SMILES string of the molecule is O=C(Nc1ccccc1NS(=O)(=O)c1ccc(Br)cc1C(F)(F)F)c1ccccc1. The van der Waals surface area contributed by atoms with Crippen LogP contribution in [0.25, 0.3) is 0 Å². The van der Waals surface area contributed by atoms with Crippen molar-refractivity contribution < 1.29 is 26.4 Å². The fourth-order valence-corrected chi connectivity index (χ4v) is 4.27. The minimum Gasteiger partial charge on any atom is -0.320 e. The molecule has 0 saturated carbocycles. The molecule has 30 heavy (non-hydrogen) atoms. The largest absolute Gasteiger partial charge is 0.417 e. The number of carbonyl (C=O) groups excluding carboxylic acids is 1. The predicted octanol–water partition coefficient (Wildman–Crippen LogP) is 5.52. The van der Waals surface area contributed by atoms with Gasteiger partial charge in [-0.2, -0.15) is 13.2 Å². The summed E-state index contributed by atoms with van der Waals surface area (Å²) < 4.78 is 67.8. The van der Waals surface area contributed by atoms with Crippen LogP contribution in [0.15, 0.2) is 82.2 Å². The van der Waals surface area contributed by atoms with Gasteiger partial charge in [-0.15, -0.1) is 0 Å². The number of benzene rings is 3. The second-order valence-electron chi connectivity index (χ2n) is 6.11. The number of halogens is 4. The Balaban J connectivity index is 1.95. The van der Waals surface area contributed by atoms with Gasteiger partial charge in [-0.3, -0.25) is 9.52 Å². The highest BCUT2D eigenvalue weighted by atomic mass is 79.9. The molecule has 0 aliphatic carbocycles. The van der Waals surface area contributed by atoms with Gasteiger partial charge in [0.05, 0.1) is 21.8 Å². The quantitative estimate of drug-likeness (QED) is 0.486. The lowest BCUT2D eigenvalue weighted by molar-refractivity contribution is -0.139. The number of amides is 1. The fourth-order valence-electron chi connectivity index (χ4n) is 2.62. The Morgan fingerprint density at radius 1 is 0.867 bits per heavy atom. The van der Waals surface area contributed by atoms with Gasteiger partial charge in [-0.1, -0.05) is 46.3 Å². The number of carbonyl (C=O) groups is 1. The van der Waals surface area contributed by atoms with E-state index in [1.54, 1.807) is 36.4 Å². The van der Waals surface area contributed by atoms with Gasteiger partial charge in [0.2, 0.25) is 0 Å². The van der Waals surface area contributed by atoms with Crippen molar-refractivity contribution in [2.24, 2.45) is 0 Å². The van der Waals surface area contributed by atoms with Crippen molar-refractivity contribution in [3.63, 3.8) is 0 Å². The Morgan fingerprint density at radius 2 is 1.47 bits per heavy atom. The number of hydrogen-bond donors (Lipinski definition) is 2. The molecule has 10 heteroatoms. The number of para-hydroxylation sites is 2. The molecule has 0 bridgehead atoms. The molecule has 3 rings (SSSR count). The maximum atomic E-state index is 13.4. The van der Waals surface area contributed by atoms with E-state index in [0.717, 1.165) is 6.07 Å². The van der Waals surface area contributed by atoms with Crippen LogP contribution in [0, 0.1) is 0 Å². The number of alkyl halides is 3. The van der Waals surface area contributed by atoms with Crippen molar-refractivity contribution in [2.45, 2.75) is 11.1 Å². The van der Waals surface area contributed by atoms with E-state index in [2.05, 4.69) is 26.0 Å². The number of anilines is 2. The highest BCUT2D eigenvalue weighted by Gasteiger charge is 2.37. The minimum atomic E-state index is -4.88. The molecule has 0 fully saturated rings. The zero-order valence-electron chi connectivity index (χ0n) is 15.1. The lowest BCUT2D eigenvalue weighted by Crippen LogP contribution is -2.20. The molecule has 2 N–H and O–H groups in total. The molecule has 0 aromatic heterocycles. The van der Waals surface area contributed by atoms with Gasteiger partial charge in [0, 0.05) is 10.0 Å². The van der Waals surface area contributed by atoms with Crippen molar-refractivity contribution in [3.05, 3.63) is 88.4 Å². The summed E-state index contributed by atoms with van der Waals surface area (Å²) in [7, 11) is -4.61. The Labute approximate surface area is 179 Å². The summed E-state index contributed by atoms with van der Waals surface area (Å²) in [6, 6.07) is 16.8. The molecule has 0 saturated heterocycles. The smallest absolute Gasteiger partial charge is 0.320 e. The molecule has 0 aliphatic heterocycles. The average molecular weight is 499 g/mol. The predicted molar refractivity (Wildman–Crippen MR) is 111 cm³/mol. The van der Waals surface area contributed by atoms with Crippen LogP contribution < -0.4 is 10.0 Å². The number of rotatable bonds is 5. The van der Waals surface area contributed by atoms with Gasteiger partial charge in [0.1, 0.15) is 0 Å². The van der Waals surface area contributed by atoms with E-state index < -0.39 is 32.6 Å². The Kier molecular flexibility index (Phi) is 6.18. The molecule has 0 unspecified atom stereocenters. The molecule has 3 aromatic carbocycles. The van der Waals surface area contributed by atoms with E-state index >= 15 is 0 Å². The molecular weight excluding hydrogens is 485 g/mol. The summed E-state index contributed by atoms with van der Waals surface area (Å²) >= 11 is 2.92. The highest BCUT2D eigenvalue weighted by molar-refractivity contribution is 9.10.